The molecule has 1 radical (unpaired) electrons. The zero-order chi connectivity index (χ0) is 9.10. The van der Waals surface area contributed by atoms with Crippen LogP contribution in [0.2, 0.25) is 5.02 Å². The Hall–Kier alpha value is -1.28. The molecule has 13 heavy (non-hydrogen) atoms. The Morgan fingerprint density at radius 1 is 1.46 bits per heavy atom. The lowest BCUT2D eigenvalue weighted by molar-refractivity contribution is 0.687. The average Bonchev–Trinajstić information content (AvgIpc) is 2.57. The van der Waals surface area contributed by atoms with Gasteiger partial charge in [-0.15, -0.1) is 0 Å². The number of benzene rings is 1. The second kappa shape index (κ2) is 3.62. The molecule has 0 aliphatic carbocycles. The normalized spacial score (nSPS) is 10.2. The fraction of sp³-hybridized carbons (Fsp3) is 0.100. The molecule has 2 rings (SSSR count). The van der Waals surface area contributed by atoms with Gasteiger partial charge in [0.2, 0.25) is 0 Å². The molecule has 65 valence electrons. The standard InChI is InChI=1S/C10H8ClN2/c11-10-4-1-3-9(7-10)8-13-6-2-5-12-13/h1,3-7H,8H2. The molecule has 1 aromatic heterocycles. The maximum absolute atomic E-state index is 5.85. The van der Waals surface area contributed by atoms with E-state index in [4.69, 9.17) is 11.6 Å². The summed E-state index contributed by atoms with van der Waals surface area (Å²) in [5.41, 5.74) is 1.14. The molecular formula is C10H8ClN2. The Labute approximate surface area is 81.8 Å². The predicted octanol–water partition coefficient (Wildman–Crippen LogP) is 2.38. The van der Waals surface area contributed by atoms with Crippen molar-refractivity contribution in [1.82, 2.24) is 9.78 Å². The summed E-state index contributed by atoms with van der Waals surface area (Å²) in [6.45, 7) is 0.740. The molecular weight excluding hydrogens is 184 g/mol. The van der Waals surface area contributed by atoms with E-state index in [1.165, 1.54) is 0 Å². The minimum absolute atomic E-state index is 0.740. The Morgan fingerprint density at radius 3 is 3.08 bits per heavy atom. The van der Waals surface area contributed by atoms with Gasteiger partial charge >= 0.3 is 0 Å². The van der Waals surface area contributed by atoms with E-state index in [1.54, 1.807) is 12.4 Å². The van der Waals surface area contributed by atoms with E-state index in [2.05, 4.69) is 11.2 Å². The van der Waals surface area contributed by atoms with Crippen molar-refractivity contribution in [3.63, 3.8) is 0 Å². The monoisotopic (exact) mass is 191 g/mol. The number of hydrogen-bond acceptors (Lipinski definition) is 1. The molecule has 0 spiro atoms. The van der Waals surface area contributed by atoms with Gasteiger partial charge in [0.1, 0.15) is 0 Å². The smallest absolute Gasteiger partial charge is 0.0660 e. The van der Waals surface area contributed by atoms with Crippen LogP contribution in [0.5, 0.6) is 0 Å². The molecule has 3 heteroatoms. The van der Waals surface area contributed by atoms with Crippen LogP contribution < -0.4 is 0 Å². The molecule has 0 saturated heterocycles. The maximum Gasteiger partial charge on any atom is 0.0660 e. The highest BCUT2D eigenvalue weighted by molar-refractivity contribution is 6.30. The van der Waals surface area contributed by atoms with Crippen LogP contribution in [0, 0.1) is 6.07 Å². The first-order valence-corrected chi connectivity index (χ1v) is 4.35. The van der Waals surface area contributed by atoms with Crippen molar-refractivity contribution in [3.8, 4) is 0 Å². The maximum atomic E-state index is 5.85. The predicted molar refractivity (Wildman–Crippen MR) is 51.6 cm³/mol. The molecule has 2 aromatic rings. The first-order valence-electron chi connectivity index (χ1n) is 3.97. The molecule has 0 bridgehead atoms. The van der Waals surface area contributed by atoms with Crippen LogP contribution in [0.3, 0.4) is 0 Å². The van der Waals surface area contributed by atoms with Gasteiger partial charge in [-0.05, 0) is 17.7 Å². The van der Waals surface area contributed by atoms with Crippen LogP contribution >= 0.6 is 11.6 Å². The van der Waals surface area contributed by atoms with Crippen LogP contribution in [-0.2, 0) is 6.54 Å². The van der Waals surface area contributed by atoms with Crippen LogP contribution in [0.1, 0.15) is 5.56 Å². The summed E-state index contributed by atoms with van der Waals surface area (Å²) in [4.78, 5) is 0. The highest BCUT2D eigenvalue weighted by Gasteiger charge is 1.95. The van der Waals surface area contributed by atoms with E-state index >= 15 is 0 Å². The zero-order valence-corrected chi connectivity index (χ0v) is 7.70. The molecule has 0 amide bonds. The van der Waals surface area contributed by atoms with Crippen molar-refractivity contribution >= 4 is 11.6 Å². The molecule has 0 atom stereocenters. The molecule has 2 nitrogen and oxygen atoms in total. The van der Waals surface area contributed by atoms with Gasteiger partial charge < -0.3 is 0 Å². The lowest BCUT2D eigenvalue weighted by Crippen LogP contribution is -1.99. The minimum Gasteiger partial charge on any atom is -0.268 e. The lowest BCUT2D eigenvalue weighted by atomic mass is 10.2. The van der Waals surface area contributed by atoms with Gasteiger partial charge in [0.05, 0.1) is 12.7 Å². The summed E-state index contributed by atoms with van der Waals surface area (Å²) in [7, 11) is 0. The third-order valence-corrected chi connectivity index (χ3v) is 1.97. The Bertz CT molecular complexity index is 382. The molecule has 0 N–H and O–H groups in total. The SMILES string of the molecule is Clc1cccc(Cn2c[c]cn2)c1. The minimum atomic E-state index is 0.740. The van der Waals surface area contributed by atoms with E-state index in [1.807, 2.05) is 28.9 Å². The van der Waals surface area contributed by atoms with Crippen LogP contribution in [0.4, 0.5) is 0 Å². The summed E-state index contributed by atoms with van der Waals surface area (Å²) in [6.07, 6.45) is 3.45. The largest absolute Gasteiger partial charge is 0.268 e. The van der Waals surface area contributed by atoms with Crippen molar-refractivity contribution in [1.29, 1.82) is 0 Å². The molecule has 0 aliphatic rings. The number of nitrogens with zero attached hydrogens (tertiary/aromatic N) is 2. The van der Waals surface area contributed by atoms with Gasteiger partial charge in [-0.1, -0.05) is 23.7 Å². The highest BCUT2D eigenvalue weighted by atomic mass is 35.5. The van der Waals surface area contributed by atoms with Gasteiger partial charge in [-0.2, -0.15) is 5.10 Å². The Balaban J connectivity index is 2.19. The number of rotatable bonds is 2. The topological polar surface area (TPSA) is 17.8 Å². The van der Waals surface area contributed by atoms with E-state index in [9.17, 15) is 0 Å². The summed E-state index contributed by atoms with van der Waals surface area (Å²) >= 11 is 5.85. The number of halogens is 1. The van der Waals surface area contributed by atoms with Gasteiger partial charge in [0.15, 0.2) is 0 Å². The highest BCUT2D eigenvalue weighted by Crippen LogP contribution is 2.11. The second-order valence-electron chi connectivity index (χ2n) is 2.77. The Kier molecular flexibility index (Phi) is 2.32. The third kappa shape index (κ3) is 2.10. The molecule has 0 saturated carbocycles. The van der Waals surface area contributed by atoms with Gasteiger partial charge in [0.25, 0.3) is 0 Å². The fourth-order valence-corrected chi connectivity index (χ4v) is 1.38. The van der Waals surface area contributed by atoms with E-state index in [0.29, 0.717) is 0 Å². The third-order valence-electron chi connectivity index (χ3n) is 1.74. The van der Waals surface area contributed by atoms with Crippen molar-refractivity contribution in [3.05, 3.63) is 53.3 Å². The molecule has 0 unspecified atom stereocenters. The quantitative estimate of drug-likeness (QED) is 0.713. The van der Waals surface area contributed by atoms with Crippen molar-refractivity contribution in [2.24, 2.45) is 0 Å². The van der Waals surface area contributed by atoms with E-state index in [-0.39, 0.29) is 0 Å². The van der Waals surface area contributed by atoms with Crippen LogP contribution in [0.25, 0.3) is 0 Å². The van der Waals surface area contributed by atoms with Crippen molar-refractivity contribution < 1.29 is 0 Å². The average molecular weight is 192 g/mol. The molecule has 1 heterocycles. The number of hydrogen-bond donors (Lipinski definition) is 0. The summed E-state index contributed by atoms with van der Waals surface area (Å²) < 4.78 is 1.81. The van der Waals surface area contributed by atoms with Gasteiger partial charge in [-0.3, -0.25) is 4.68 Å². The van der Waals surface area contributed by atoms with Crippen molar-refractivity contribution in [2.75, 3.05) is 0 Å². The van der Waals surface area contributed by atoms with Crippen molar-refractivity contribution in [2.45, 2.75) is 6.54 Å². The summed E-state index contributed by atoms with van der Waals surface area (Å²) in [5.74, 6) is 0. The summed E-state index contributed by atoms with van der Waals surface area (Å²) in [6, 6.07) is 10.6. The lowest BCUT2D eigenvalue weighted by Gasteiger charge is -2.01. The summed E-state index contributed by atoms with van der Waals surface area (Å²) in [5, 5.41) is 4.82. The molecule has 0 fully saturated rings. The van der Waals surface area contributed by atoms with Gasteiger partial charge in [0, 0.05) is 17.3 Å². The van der Waals surface area contributed by atoms with Crippen LogP contribution in [0.15, 0.2) is 36.7 Å². The fourth-order valence-electron chi connectivity index (χ4n) is 1.17. The first-order chi connectivity index (χ1) is 6.34. The van der Waals surface area contributed by atoms with Crippen LogP contribution in [-0.4, -0.2) is 9.78 Å². The molecule has 0 aliphatic heterocycles. The first kappa shape index (κ1) is 8.32. The number of aromatic nitrogens is 2. The van der Waals surface area contributed by atoms with E-state index in [0.717, 1.165) is 17.1 Å². The molecule has 1 aromatic carbocycles. The second-order valence-corrected chi connectivity index (χ2v) is 3.20. The van der Waals surface area contributed by atoms with Gasteiger partial charge in [-0.25, -0.2) is 0 Å². The zero-order valence-electron chi connectivity index (χ0n) is 6.94. The van der Waals surface area contributed by atoms with E-state index < -0.39 is 0 Å². The Morgan fingerprint density at radius 2 is 2.38 bits per heavy atom.